The second-order valence-electron chi connectivity index (χ2n) is 5.10. The molecule has 0 aromatic heterocycles. The average molecular weight is 288 g/mol. The highest BCUT2D eigenvalue weighted by Gasteiger charge is 2.22. The van der Waals surface area contributed by atoms with Crippen LogP contribution in [0, 0.1) is 5.92 Å². The van der Waals surface area contributed by atoms with Crippen LogP contribution in [0.4, 0.5) is 0 Å². The second kappa shape index (κ2) is 7.42. The van der Waals surface area contributed by atoms with E-state index in [1.807, 2.05) is 6.07 Å². The van der Waals surface area contributed by atoms with E-state index in [9.17, 15) is 4.79 Å². The molecule has 6 nitrogen and oxygen atoms in total. The third-order valence-corrected chi connectivity index (χ3v) is 3.40. The molecule has 0 amide bonds. The summed E-state index contributed by atoms with van der Waals surface area (Å²) < 4.78 is 5.44. The molecule has 0 unspecified atom stereocenters. The van der Waals surface area contributed by atoms with Crippen LogP contribution in [0.2, 0.25) is 0 Å². The monoisotopic (exact) mass is 288 g/mol. The number of ether oxygens (including phenoxy) is 1. The largest absolute Gasteiger partial charge is 0.426 e. The average Bonchev–Trinajstić information content (AvgIpc) is 2.48. The van der Waals surface area contributed by atoms with Crippen molar-refractivity contribution in [3.63, 3.8) is 0 Å². The minimum Gasteiger partial charge on any atom is -0.426 e. The fourth-order valence-electron chi connectivity index (χ4n) is 2.36. The van der Waals surface area contributed by atoms with E-state index in [0.29, 0.717) is 5.75 Å². The van der Waals surface area contributed by atoms with Gasteiger partial charge in [0.1, 0.15) is 5.75 Å². The fourth-order valence-corrected chi connectivity index (χ4v) is 2.36. The summed E-state index contributed by atoms with van der Waals surface area (Å²) in [6, 6.07) is 7.09. The maximum Gasteiger partial charge on any atom is 0.314 e. The Morgan fingerprint density at radius 1 is 1.24 bits per heavy atom. The first-order chi connectivity index (χ1) is 10.1. The molecule has 0 bridgehead atoms. The summed E-state index contributed by atoms with van der Waals surface area (Å²) in [5, 5.41) is 7.24. The number of nitrogens with zero attached hydrogens (tertiary/aromatic N) is 2. The molecule has 6 heteroatoms. The fraction of sp³-hybridized carbons (Fsp3) is 0.400. The van der Waals surface area contributed by atoms with Gasteiger partial charge < -0.3 is 16.2 Å². The zero-order chi connectivity index (χ0) is 15.1. The summed E-state index contributed by atoms with van der Waals surface area (Å²) in [5.41, 5.74) is 11.1. The molecule has 21 heavy (non-hydrogen) atoms. The summed E-state index contributed by atoms with van der Waals surface area (Å²) in [7, 11) is 0. The molecular weight excluding hydrogens is 268 g/mol. The molecule has 112 valence electrons. The van der Waals surface area contributed by atoms with Gasteiger partial charge in [0.05, 0.1) is 12.1 Å². The smallest absolute Gasteiger partial charge is 0.314 e. The lowest BCUT2D eigenvalue weighted by Crippen LogP contribution is -2.22. The first-order valence-corrected chi connectivity index (χ1v) is 7.09. The van der Waals surface area contributed by atoms with Crippen LogP contribution in [-0.2, 0) is 4.79 Å². The van der Waals surface area contributed by atoms with Gasteiger partial charge in [-0.15, -0.1) is 5.10 Å². The van der Waals surface area contributed by atoms with Crippen LogP contribution in [0.15, 0.2) is 34.5 Å². The number of hydrogen-bond acceptors (Lipinski definition) is 4. The molecule has 1 aromatic carbocycles. The number of rotatable bonds is 4. The Labute approximate surface area is 123 Å². The first-order valence-electron chi connectivity index (χ1n) is 7.09. The van der Waals surface area contributed by atoms with E-state index < -0.39 is 0 Å². The summed E-state index contributed by atoms with van der Waals surface area (Å²) >= 11 is 0. The topological polar surface area (TPSA) is 103 Å². The van der Waals surface area contributed by atoms with E-state index in [-0.39, 0.29) is 17.8 Å². The van der Waals surface area contributed by atoms with Gasteiger partial charge in [0.2, 0.25) is 5.96 Å². The van der Waals surface area contributed by atoms with Crippen LogP contribution >= 0.6 is 0 Å². The zero-order valence-corrected chi connectivity index (χ0v) is 11.9. The van der Waals surface area contributed by atoms with E-state index in [1.54, 1.807) is 18.2 Å². The molecule has 0 heterocycles. The number of hydrogen-bond donors (Lipinski definition) is 2. The molecule has 0 aliphatic heterocycles. The highest BCUT2D eigenvalue weighted by atomic mass is 16.5. The first kappa shape index (κ1) is 15.0. The normalized spacial score (nSPS) is 15.8. The predicted octanol–water partition coefficient (Wildman–Crippen LogP) is 1.78. The molecular formula is C15H20N4O2. The van der Waals surface area contributed by atoms with Gasteiger partial charge in [0.25, 0.3) is 0 Å². The Morgan fingerprint density at radius 2 is 2.00 bits per heavy atom. The van der Waals surface area contributed by atoms with Crippen molar-refractivity contribution >= 4 is 18.1 Å². The summed E-state index contributed by atoms with van der Waals surface area (Å²) in [5.74, 6) is 0.288. The lowest BCUT2D eigenvalue weighted by Gasteiger charge is -2.19. The van der Waals surface area contributed by atoms with Crippen molar-refractivity contribution in [2.45, 2.75) is 32.1 Å². The molecule has 2 rings (SSSR count). The van der Waals surface area contributed by atoms with Gasteiger partial charge in [-0.2, -0.15) is 5.10 Å². The maximum absolute atomic E-state index is 12.1. The lowest BCUT2D eigenvalue weighted by atomic mass is 9.89. The van der Waals surface area contributed by atoms with Crippen molar-refractivity contribution in [1.29, 1.82) is 0 Å². The number of benzene rings is 1. The van der Waals surface area contributed by atoms with Crippen LogP contribution < -0.4 is 16.2 Å². The van der Waals surface area contributed by atoms with Crippen molar-refractivity contribution in [1.82, 2.24) is 0 Å². The van der Waals surface area contributed by atoms with Crippen molar-refractivity contribution in [3.8, 4) is 5.75 Å². The van der Waals surface area contributed by atoms with Crippen molar-refractivity contribution in [2.24, 2.45) is 27.6 Å². The minimum atomic E-state index is -0.145. The summed E-state index contributed by atoms with van der Waals surface area (Å²) in [6.07, 6.45) is 6.75. The van der Waals surface area contributed by atoms with E-state index in [4.69, 9.17) is 16.2 Å². The van der Waals surface area contributed by atoms with Crippen LogP contribution in [0.1, 0.15) is 37.7 Å². The predicted molar refractivity (Wildman–Crippen MR) is 82.1 cm³/mol. The third-order valence-electron chi connectivity index (χ3n) is 3.40. The standard InChI is InChI=1S/C15H20N4O2/c16-15(17)19-18-10-11-5-4-8-13(9-11)21-14(20)12-6-2-1-3-7-12/h4-5,8-10,12H,1-3,6-7H2,(H4,16,17,19). The van der Waals surface area contributed by atoms with E-state index in [1.165, 1.54) is 12.6 Å². The van der Waals surface area contributed by atoms with Crippen LogP contribution in [0.25, 0.3) is 0 Å². The van der Waals surface area contributed by atoms with Gasteiger partial charge >= 0.3 is 5.97 Å². The Bertz CT molecular complexity index is 544. The third kappa shape index (κ3) is 4.91. The number of esters is 1. The van der Waals surface area contributed by atoms with Crippen LogP contribution in [0.5, 0.6) is 5.75 Å². The number of carbonyl (C=O) groups excluding carboxylic acids is 1. The van der Waals surface area contributed by atoms with Crippen molar-refractivity contribution < 1.29 is 9.53 Å². The van der Waals surface area contributed by atoms with Gasteiger partial charge in [0.15, 0.2) is 0 Å². The molecule has 0 radical (unpaired) electrons. The van der Waals surface area contributed by atoms with Gasteiger partial charge in [0, 0.05) is 0 Å². The molecule has 0 spiro atoms. The number of carbonyl (C=O) groups is 1. The lowest BCUT2D eigenvalue weighted by molar-refractivity contribution is -0.139. The molecule has 0 atom stereocenters. The Kier molecular flexibility index (Phi) is 5.31. The Morgan fingerprint density at radius 3 is 2.71 bits per heavy atom. The Hall–Kier alpha value is -2.37. The van der Waals surface area contributed by atoms with Gasteiger partial charge in [-0.3, -0.25) is 4.79 Å². The van der Waals surface area contributed by atoms with Gasteiger partial charge in [-0.1, -0.05) is 31.4 Å². The highest BCUT2D eigenvalue weighted by Crippen LogP contribution is 2.25. The Balaban J connectivity index is 1.98. The zero-order valence-electron chi connectivity index (χ0n) is 11.9. The van der Waals surface area contributed by atoms with Crippen LogP contribution in [0.3, 0.4) is 0 Å². The summed E-state index contributed by atoms with van der Waals surface area (Å²) in [4.78, 5) is 12.1. The minimum absolute atomic E-state index is 0.0257. The maximum atomic E-state index is 12.1. The molecule has 1 saturated carbocycles. The highest BCUT2D eigenvalue weighted by molar-refractivity contribution is 5.82. The second-order valence-corrected chi connectivity index (χ2v) is 5.10. The number of guanidine groups is 1. The molecule has 4 N–H and O–H groups in total. The quantitative estimate of drug-likeness (QED) is 0.290. The SMILES string of the molecule is NC(N)=NN=Cc1cccc(OC(=O)C2CCCCC2)c1. The summed E-state index contributed by atoms with van der Waals surface area (Å²) in [6.45, 7) is 0. The van der Waals surface area contributed by atoms with E-state index in [2.05, 4.69) is 10.2 Å². The number of nitrogens with two attached hydrogens (primary N) is 2. The van der Waals surface area contributed by atoms with Gasteiger partial charge in [-0.05, 0) is 30.5 Å². The molecule has 1 aromatic rings. The van der Waals surface area contributed by atoms with Crippen LogP contribution in [-0.4, -0.2) is 18.1 Å². The molecule has 0 saturated heterocycles. The van der Waals surface area contributed by atoms with Gasteiger partial charge in [-0.25, -0.2) is 0 Å². The van der Waals surface area contributed by atoms with Crippen molar-refractivity contribution in [2.75, 3.05) is 0 Å². The van der Waals surface area contributed by atoms with E-state index >= 15 is 0 Å². The molecule has 1 aliphatic carbocycles. The molecule has 1 fully saturated rings. The molecule has 1 aliphatic rings. The van der Waals surface area contributed by atoms with Crippen molar-refractivity contribution in [3.05, 3.63) is 29.8 Å². The van der Waals surface area contributed by atoms with E-state index in [0.717, 1.165) is 31.2 Å².